The minimum absolute atomic E-state index is 0.369. The zero-order chi connectivity index (χ0) is 14.0. The maximum Gasteiger partial charge on any atom is 0.148 e. The predicted molar refractivity (Wildman–Crippen MR) is 84.9 cm³/mol. The summed E-state index contributed by atoms with van der Waals surface area (Å²) >= 11 is 2.00. The van der Waals surface area contributed by atoms with Crippen LogP contribution in [-0.4, -0.2) is 27.3 Å². The van der Waals surface area contributed by atoms with E-state index in [4.69, 9.17) is 5.73 Å². The predicted octanol–water partition coefficient (Wildman–Crippen LogP) is 3.21. The van der Waals surface area contributed by atoms with Crippen molar-refractivity contribution in [1.29, 1.82) is 0 Å². The fourth-order valence-corrected chi connectivity index (χ4v) is 3.54. The summed E-state index contributed by atoms with van der Waals surface area (Å²) in [5.74, 6) is 1.37. The Bertz CT molecular complexity index is 419. The lowest BCUT2D eigenvalue weighted by atomic mass is 9.95. The largest absolute Gasteiger partial charge is 0.394 e. The number of rotatable bonds is 4. The number of thioether (sulfide) groups is 1. The zero-order valence-corrected chi connectivity index (χ0v) is 13.3. The molecule has 1 aliphatic carbocycles. The van der Waals surface area contributed by atoms with Crippen molar-refractivity contribution in [2.45, 2.75) is 56.7 Å². The second kappa shape index (κ2) is 6.07. The third-order valence-electron chi connectivity index (χ3n) is 4.01. The van der Waals surface area contributed by atoms with Crippen LogP contribution in [0.4, 0.5) is 11.5 Å². The molecule has 108 valence electrons. The van der Waals surface area contributed by atoms with E-state index in [0.29, 0.717) is 12.0 Å². The average molecular weight is 282 g/mol. The normalized spacial score (nSPS) is 23.8. The number of aromatic nitrogens is 2. The molecule has 1 heterocycles. The van der Waals surface area contributed by atoms with Crippen LogP contribution in [0.15, 0.2) is 0 Å². The smallest absolute Gasteiger partial charge is 0.148 e. The molecule has 1 saturated carbocycles. The van der Waals surface area contributed by atoms with Gasteiger partial charge in [-0.15, -0.1) is 0 Å². The number of nitrogen functional groups attached to an aromatic ring is 1. The molecule has 3 N–H and O–H groups in total. The van der Waals surface area contributed by atoms with Crippen molar-refractivity contribution < 1.29 is 0 Å². The Kier molecular flexibility index (Phi) is 4.66. The van der Waals surface area contributed by atoms with Crippen LogP contribution in [0.5, 0.6) is 0 Å². The molecule has 0 bridgehead atoms. The topological polar surface area (TPSA) is 55.9 Å². The highest BCUT2D eigenvalue weighted by molar-refractivity contribution is 7.99. The molecule has 0 unspecified atom stereocenters. The highest BCUT2D eigenvalue weighted by Crippen LogP contribution is 2.32. The Hall–Kier alpha value is -0.840. The maximum atomic E-state index is 6.23. The summed E-state index contributed by atoms with van der Waals surface area (Å²) in [6.07, 6.45) is 7.27. The van der Waals surface area contributed by atoms with Crippen LogP contribution in [0.1, 0.15) is 51.1 Å². The van der Waals surface area contributed by atoms with E-state index in [9.17, 15) is 0 Å². The summed E-state index contributed by atoms with van der Waals surface area (Å²) in [6.45, 7) is 4.26. The lowest BCUT2D eigenvalue weighted by Gasteiger charge is -2.28. The Labute approximate surface area is 120 Å². The Balaban J connectivity index is 2.04. The van der Waals surface area contributed by atoms with Gasteiger partial charge in [-0.1, -0.05) is 13.8 Å². The molecule has 1 aliphatic rings. The number of hydrogen-bond acceptors (Lipinski definition) is 4. The summed E-state index contributed by atoms with van der Waals surface area (Å²) in [4.78, 5) is 0. The summed E-state index contributed by atoms with van der Waals surface area (Å²) in [7, 11) is 1.97. The molecule has 0 aromatic carbocycles. The molecule has 0 atom stereocenters. The first-order valence-corrected chi connectivity index (χ1v) is 8.43. The van der Waals surface area contributed by atoms with Gasteiger partial charge in [0.05, 0.1) is 11.4 Å². The van der Waals surface area contributed by atoms with E-state index in [-0.39, 0.29) is 0 Å². The fourth-order valence-electron chi connectivity index (χ4n) is 2.79. The molecule has 1 aromatic heterocycles. The first-order valence-electron chi connectivity index (χ1n) is 7.14. The summed E-state index contributed by atoms with van der Waals surface area (Å²) in [5, 5.41) is 8.98. The molecule has 19 heavy (non-hydrogen) atoms. The van der Waals surface area contributed by atoms with Gasteiger partial charge in [0.1, 0.15) is 5.82 Å². The van der Waals surface area contributed by atoms with Crippen molar-refractivity contribution in [2.24, 2.45) is 7.05 Å². The fraction of sp³-hybridized carbons (Fsp3) is 0.786. The number of nitrogens with two attached hydrogens (primary N) is 1. The van der Waals surface area contributed by atoms with Crippen LogP contribution in [0, 0.1) is 0 Å². The van der Waals surface area contributed by atoms with E-state index in [0.717, 1.165) is 22.4 Å². The zero-order valence-electron chi connectivity index (χ0n) is 12.4. The van der Waals surface area contributed by atoms with Gasteiger partial charge in [-0.2, -0.15) is 16.9 Å². The molecule has 0 spiro atoms. The third kappa shape index (κ3) is 3.19. The Morgan fingerprint density at radius 3 is 2.42 bits per heavy atom. The first kappa shape index (κ1) is 14.6. The van der Waals surface area contributed by atoms with E-state index in [1.54, 1.807) is 0 Å². The van der Waals surface area contributed by atoms with E-state index in [1.807, 2.05) is 23.5 Å². The molecular formula is C14H26N4S. The van der Waals surface area contributed by atoms with Crippen LogP contribution in [0.2, 0.25) is 0 Å². The molecule has 1 aromatic rings. The van der Waals surface area contributed by atoms with Crippen molar-refractivity contribution in [2.75, 3.05) is 17.3 Å². The van der Waals surface area contributed by atoms with Crippen LogP contribution < -0.4 is 11.1 Å². The highest BCUT2D eigenvalue weighted by atomic mass is 32.2. The van der Waals surface area contributed by atoms with Crippen LogP contribution >= 0.6 is 11.8 Å². The minimum atomic E-state index is 0.369. The molecule has 0 radical (unpaired) electrons. The molecule has 0 amide bonds. The van der Waals surface area contributed by atoms with Gasteiger partial charge < -0.3 is 11.1 Å². The number of anilines is 2. The second-order valence-corrected chi connectivity index (χ2v) is 6.92. The lowest BCUT2D eigenvalue weighted by molar-refractivity contribution is 0.470. The van der Waals surface area contributed by atoms with Gasteiger partial charge in [0.15, 0.2) is 0 Å². The highest BCUT2D eigenvalue weighted by Gasteiger charge is 2.23. The van der Waals surface area contributed by atoms with E-state index in [1.165, 1.54) is 25.7 Å². The minimum Gasteiger partial charge on any atom is -0.394 e. The molecule has 1 fully saturated rings. The van der Waals surface area contributed by atoms with Gasteiger partial charge in [0, 0.05) is 18.3 Å². The van der Waals surface area contributed by atoms with Gasteiger partial charge >= 0.3 is 0 Å². The average Bonchev–Trinajstić information content (AvgIpc) is 2.68. The third-order valence-corrected chi connectivity index (χ3v) is 5.15. The molecular weight excluding hydrogens is 256 g/mol. The standard InChI is InChI=1S/C14H26N4S/c1-9(2)13-12(15)14(18(3)17-13)16-10-5-7-11(19-4)8-6-10/h9-11,16H,5-8,15H2,1-4H3. The Morgan fingerprint density at radius 2 is 1.95 bits per heavy atom. The molecule has 5 heteroatoms. The van der Waals surface area contributed by atoms with Gasteiger partial charge in [0.2, 0.25) is 0 Å². The van der Waals surface area contributed by atoms with Gasteiger partial charge in [-0.05, 0) is 37.9 Å². The molecule has 0 aliphatic heterocycles. The van der Waals surface area contributed by atoms with Crippen molar-refractivity contribution in [3.05, 3.63) is 5.69 Å². The lowest BCUT2D eigenvalue weighted by Crippen LogP contribution is -2.28. The van der Waals surface area contributed by atoms with Gasteiger partial charge in [-0.3, -0.25) is 4.68 Å². The molecule has 4 nitrogen and oxygen atoms in total. The monoisotopic (exact) mass is 282 g/mol. The van der Waals surface area contributed by atoms with Crippen molar-refractivity contribution in [1.82, 2.24) is 9.78 Å². The van der Waals surface area contributed by atoms with E-state index in [2.05, 4.69) is 30.5 Å². The van der Waals surface area contributed by atoms with Gasteiger partial charge in [0.25, 0.3) is 0 Å². The van der Waals surface area contributed by atoms with Crippen molar-refractivity contribution >= 4 is 23.3 Å². The van der Waals surface area contributed by atoms with E-state index >= 15 is 0 Å². The van der Waals surface area contributed by atoms with E-state index < -0.39 is 0 Å². The molecule has 2 rings (SSSR count). The number of aryl methyl sites for hydroxylation is 1. The number of nitrogens with zero attached hydrogens (tertiary/aromatic N) is 2. The van der Waals surface area contributed by atoms with Crippen molar-refractivity contribution in [3.8, 4) is 0 Å². The Morgan fingerprint density at radius 1 is 1.32 bits per heavy atom. The van der Waals surface area contributed by atoms with Gasteiger partial charge in [-0.25, -0.2) is 0 Å². The first-order chi connectivity index (χ1) is 9.02. The number of nitrogens with one attached hydrogen (secondary N) is 1. The van der Waals surface area contributed by atoms with Crippen LogP contribution in [0.25, 0.3) is 0 Å². The van der Waals surface area contributed by atoms with Crippen LogP contribution in [0.3, 0.4) is 0 Å². The second-order valence-electron chi connectivity index (χ2n) is 5.78. The maximum absolute atomic E-state index is 6.23. The summed E-state index contributed by atoms with van der Waals surface area (Å²) < 4.78 is 1.89. The SMILES string of the molecule is CSC1CCC(Nc2c(N)c(C(C)C)nn2C)CC1. The summed E-state index contributed by atoms with van der Waals surface area (Å²) in [5.41, 5.74) is 8.05. The van der Waals surface area contributed by atoms with Crippen LogP contribution in [-0.2, 0) is 7.05 Å². The quantitative estimate of drug-likeness (QED) is 0.890. The molecule has 0 saturated heterocycles. The van der Waals surface area contributed by atoms with Crippen molar-refractivity contribution in [3.63, 3.8) is 0 Å². The number of hydrogen-bond donors (Lipinski definition) is 2. The summed E-state index contributed by atoms with van der Waals surface area (Å²) in [6, 6.07) is 0.543.